The normalized spacial score (nSPS) is 33.6. The summed E-state index contributed by atoms with van der Waals surface area (Å²) in [4.78, 5) is 8.64. The molecule has 1 saturated carbocycles. The second kappa shape index (κ2) is 5.30. The summed E-state index contributed by atoms with van der Waals surface area (Å²) in [7, 11) is 0. The van der Waals surface area contributed by atoms with Crippen molar-refractivity contribution in [1.29, 1.82) is 0 Å². The molecular formula is C16H24N2OS. The maximum atomic E-state index is 10.2. The number of aliphatic hydroxyl groups is 1. The lowest BCUT2D eigenvalue weighted by Gasteiger charge is -2.44. The largest absolute Gasteiger partial charge is 0.388 e. The number of hydrogen-bond donors (Lipinski definition) is 1. The quantitative estimate of drug-likeness (QED) is 0.858. The monoisotopic (exact) mass is 292 g/mol. The molecule has 3 aliphatic rings. The van der Waals surface area contributed by atoms with Gasteiger partial charge < -0.3 is 10.0 Å². The standard InChI is InChI=1S/C16H24N2OS/c19-14-9-3-7-12-15(14)20-16(17-12)18-10-4-6-11-5-1-2-8-13(11)18/h11,13-14,19H,1-10H2. The lowest BCUT2D eigenvalue weighted by molar-refractivity contribution is 0.160. The molecule has 0 spiro atoms. The molecule has 1 N–H and O–H groups in total. The van der Waals surface area contributed by atoms with Crippen LogP contribution in [0.5, 0.6) is 0 Å². The highest BCUT2D eigenvalue weighted by Gasteiger charge is 2.35. The van der Waals surface area contributed by atoms with Crippen molar-refractivity contribution in [2.45, 2.75) is 69.9 Å². The smallest absolute Gasteiger partial charge is 0.186 e. The molecule has 1 aliphatic heterocycles. The molecule has 0 bridgehead atoms. The first-order chi connectivity index (χ1) is 9.83. The molecule has 3 unspecified atom stereocenters. The summed E-state index contributed by atoms with van der Waals surface area (Å²) < 4.78 is 0. The van der Waals surface area contributed by atoms with Gasteiger partial charge in [0.25, 0.3) is 0 Å². The van der Waals surface area contributed by atoms with Gasteiger partial charge in [-0.15, -0.1) is 0 Å². The first-order valence-electron chi connectivity index (χ1n) is 8.27. The fraction of sp³-hybridized carbons (Fsp3) is 0.812. The number of aromatic nitrogens is 1. The summed E-state index contributed by atoms with van der Waals surface area (Å²) >= 11 is 1.77. The lowest BCUT2D eigenvalue weighted by atomic mass is 9.78. The Kier molecular flexibility index (Phi) is 3.47. The van der Waals surface area contributed by atoms with Gasteiger partial charge in [-0.3, -0.25) is 0 Å². The van der Waals surface area contributed by atoms with Crippen LogP contribution in [0.4, 0.5) is 5.13 Å². The van der Waals surface area contributed by atoms with Crippen LogP contribution in [0.3, 0.4) is 0 Å². The van der Waals surface area contributed by atoms with E-state index in [9.17, 15) is 5.11 Å². The maximum Gasteiger partial charge on any atom is 0.186 e. The second-order valence-electron chi connectivity index (χ2n) is 6.66. The molecule has 3 nitrogen and oxygen atoms in total. The molecule has 1 aromatic heterocycles. The van der Waals surface area contributed by atoms with E-state index >= 15 is 0 Å². The molecule has 110 valence electrons. The van der Waals surface area contributed by atoms with Gasteiger partial charge in [0.1, 0.15) is 0 Å². The Hall–Kier alpha value is -0.610. The van der Waals surface area contributed by atoms with E-state index in [-0.39, 0.29) is 6.10 Å². The van der Waals surface area contributed by atoms with Crippen molar-refractivity contribution < 1.29 is 5.11 Å². The van der Waals surface area contributed by atoms with Crippen LogP contribution in [0.15, 0.2) is 0 Å². The summed E-state index contributed by atoms with van der Waals surface area (Å²) in [6.45, 7) is 1.17. The highest BCUT2D eigenvalue weighted by atomic mass is 32.1. The van der Waals surface area contributed by atoms with Crippen molar-refractivity contribution in [2.75, 3.05) is 11.4 Å². The lowest BCUT2D eigenvalue weighted by Crippen LogP contribution is -2.46. The Bertz CT molecular complexity index is 485. The minimum Gasteiger partial charge on any atom is -0.388 e. The Morgan fingerprint density at radius 2 is 1.90 bits per heavy atom. The third-order valence-electron chi connectivity index (χ3n) is 5.40. The van der Waals surface area contributed by atoms with Crippen LogP contribution in [0.2, 0.25) is 0 Å². The third kappa shape index (κ3) is 2.17. The number of piperidine rings is 1. The van der Waals surface area contributed by atoms with E-state index in [1.54, 1.807) is 11.3 Å². The molecule has 1 saturated heterocycles. The first kappa shape index (κ1) is 13.1. The van der Waals surface area contributed by atoms with Gasteiger partial charge in [-0.05, 0) is 50.9 Å². The van der Waals surface area contributed by atoms with Gasteiger partial charge in [0.05, 0.1) is 16.7 Å². The number of fused-ring (bicyclic) bond motifs is 2. The van der Waals surface area contributed by atoms with Gasteiger partial charge in [0, 0.05) is 12.6 Å². The van der Waals surface area contributed by atoms with E-state index in [1.807, 2.05) is 0 Å². The minimum atomic E-state index is -0.253. The zero-order valence-corrected chi connectivity index (χ0v) is 12.9. The summed E-state index contributed by atoms with van der Waals surface area (Å²) in [5, 5.41) is 11.4. The SMILES string of the molecule is OC1CCCc2nc(N3CCCC4CCCCC43)sc21. The first-order valence-corrected chi connectivity index (χ1v) is 9.09. The van der Waals surface area contributed by atoms with Gasteiger partial charge in [-0.25, -0.2) is 4.98 Å². The fourth-order valence-corrected chi connectivity index (χ4v) is 5.59. The molecular weight excluding hydrogens is 268 g/mol. The van der Waals surface area contributed by atoms with Crippen molar-refractivity contribution in [3.05, 3.63) is 10.6 Å². The molecule has 0 aromatic carbocycles. The topological polar surface area (TPSA) is 36.4 Å². The zero-order chi connectivity index (χ0) is 13.5. The third-order valence-corrected chi connectivity index (χ3v) is 6.63. The van der Waals surface area contributed by atoms with Crippen molar-refractivity contribution in [1.82, 2.24) is 4.98 Å². The number of anilines is 1. The van der Waals surface area contributed by atoms with E-state index in [1.165, 1.54) is 55.9 Å². The molecule has 0 radical (unpaired) electrons. The fourth-order valence-electron chi connectivity index (χ4n) is 4.37. The number of nitrogens with zero attached hydrogens (tertiary/aromatic N) is 2. The Morgan fingerprint density at radius 3 is 2.80 bits per heavy atom. The van der Waals surface area contributed by atoms with Crippen LogP contribution in [0.1, 0.15) is 68.0 Å². The summed E-state index contributed by atoms with van der Waals surface area (Å²) in [5.74, 6) is 0.892. The van der Waals surface area contributed by atoms with Crippen LogP contribution in [0, 0.1) is 5.92 Å². The molecule has 3 atom stereocenters. The van der Waals surface area contributed by atoms with Gasteiger partial charge in [-0.1, -0.05) is 24.2 Å². The minimum absolute atomic E-state index is 0.253. The second-order valence-corrected chi connectivity index (χ2v) is 7.67. The zero-order valence-electron chi connectivity index (χ0n) is 12.1. The summed E-state index contributed by atoms with van der Waals surface area (Å²) in [6.07, 6.45) is 11.1. The maximum absolute atomic E-state index is 10.2. The predicted octanol–water partition coefficient (Wildman–Crippen LogP) is 3.67. The number of aliphatic hydroxyl groups excluding tert-OH is 1. The average molecular weight is 292 g/mol. The van der Waals surface area contributed by atoms with Gasteiger partial charge in [0.2, 0.25) is 0 Å². The number of thiazole rings is 1. The molecule has 2 aliphatic carbocycles. The Balaban J connectivity index is 1.63. The number of rotatable bonds is 1. The Labute approximate surface area is 125 Å². The molecule has 2 heterocycles. The number of aryl methyl sites for hydroxylation is 1. The Morgan fingerprint density at radius 1 is 1.05 bits per heavy atom. The molecule has 4 heteroatoms. The van der Waals surface area contributed by atoms with Crippen LogP contribution >= 0.6 is 11.3 Å². The van der Waals surface area contributed by atoms with Crippen LogP contribution in [0.25, 0.3) is 0 Å². The van der Waals surface area contributed by atoms with Crippen molar-refractivity contribution >= 4 is 16.5 Å². The average Bonchev–Trinajstić information content (AvgIpc) is 2.92. The van der Waals surface area contributed by atoms with E-state index in [2.05, 4.69) is 4.90 Å². The van der Waals surface area contributed by atoms with Crippen LogP contribution in [-0.2, 0) is 6.42 Å². The van der Waals surface area contributed by atoms with Crippen LogP contribution < -0.4 is 4.90 Å². The number of hydrogen-bond acceptors (Lipinski definition) is 4. The van der Waals surface area contributed by atoms with Gasteiger partial charge >= 0.3 is 0 Å². The highest BCUT2D eigenvalue weighted by Crippen LogP contribution is 2.42. The molecule has 4 rings (SSSR count). The van der Waals surface area contributed by atoms with Crippen LogP contribution in [-0.4, -0.2) is 22.7 Å². The summed E-state index contributed by atoms with van der Waals surface area (Å²) in [5.41, 5.74) is 1.18. The predicted molar refractivity (Wildman–Crippen MR) is 82.3 cm³/mol. The van der Waals surface area contributed by atoms with Crippen molar-refractivity contribution in [2.24, 2.45) is 5.92 Å². The molecule has 1 aromatic rings. The molecule has 2 fully saturated rings. The van der Waals surface area contributed by atoms with Gasteiger partial charge in [-0.2, -0.15) is 0 Å². The summed E-state index contributed by atoms with van der Waals surface area (Å²) in [6, 6.07) is 0.724. The van der Waals surface area contributed by atoms with Crippen molar-refractivity contribution in [3.63, 3.8) is 0 Å². The van der Waals surface area contributed by atoms with E-state index in [0.717, 1.165) is 36.1 Å². The van der Waals surface area contributed by atoms with Crippen molar-refractivity contribution in [3.8, 4) is 0 Å². The highest BCUT2D eigenvalue weighted by molar-refractivity contribution is 7.15. The van der Waals surface area contributed by atoms with E-state index in [4.69, 9.17) is 4.98 Å². The molecule has 20 heavy (non-hydrogen) atoms. The van der Waals surface area contributed by atoms with E-state index in [0.29, 0.717) is 0 Å². The van der Waals surface area contributed by atoms with E-state index < -0.39 is 0 Å². The van der Waals surface area contributed by atoms with Gasteiger partial charge in [0.15, 0.2) is 5.13 Å². The molecule has 0 amide bonds.